The molecule has 0 aromatic rings. The minimum absolute atomic E-state index is 0.0116. The molecule has 1 heterocycles. The molecule has 2 atom stereocenters. The second kappa shape index (κ2) is 1.50. The maximum Gasteiger partial charge on any atom is 0.408 e. The van der Waals surface area contributed by atoms with Gasteiger partial charge in [-0.25, -0.2) is 4.79 Å². The molecule has 0 saturated carbocycles. The monoisotopic (exact) mass is 125 g/mol. The zero-order chi connectivity index (χ0) is 6.27. The SMILES string of the molecule is O=C1N[C@H]2CC=C[C@H]2O1. The van der Waals surface area contributed by atoms with Gasteiger partial charge in [0.05, 0.1) is 6.04 Å². The number of ether oxygens (including phenoxy) is 1. The number of carbonyl (C=O) groups excluding carboxylic acids is 1. The summed E-state index contributed by atoms with van der Waals surface area (Å²) in [6.45, 7) is 0. The number of nitrogens with one attached hydrogen (secondary N) is 1. The van der Waals surface area contributed by atoms with Gasteiger partial charge in [-0.15, -0.1) is 0 Å². The van der Waals surface area contributed by atoms with Gasteiger partial charge in [-0.2, -0.15) is 0 Å². The molecule has 0 aromatic carbocycles. The van der Waals surface area contributed by atoms with Crippen molar-refractivity contribution in [1.29, 1.82) is 0 Å². The first-order valence-corrected chi connectivity index (χ1v) is 3.00. The van der Waals surface area contributed by atoms with Crippen molar-refractivity contribution in [1.82, 2.24) is 5.32 Å². The van der Waals surface area contributed by atoms with E-state index in [0.29, 0.717) is 0 Å². The van der Waals surface area contributed by atoms with Crippen molar-refractivity contribution in [2.75, 3.05) is 0 Å². The van der Waals surface area contributed by atoms with Crippen LogP contribution in [0.3, 0.4) is 0 Å². The highest BCUT2D eigenvalue weighted by atomic mass is 16.6. The van der Waals surface area contributed by atoms with Crippen LogP contribution in [-0.4, -0.2) is 18.2 Å². The smallest absolute Gasteiger partial charge is 0.408 e. The van der Waals surface area contributed by atoms with Gasteiger partial charge in [0.15, 0.2) is 0 Å². The van der Waals surface area contributed by atoms with Crippen LogP contribution in [0, 0.1) is 0 Å². The van der Waals surface area contributed by atoms with E-state index in [2.05, 4.69) is 5.32 Å². The molecule has 1 fully saturated rings. The maximum atomic E-state index is 10.5. The molecule has 1 amide bonds. The first-order valence-electron chi connectivity index (χ1n) is 3.00. The first-order chi connectivity index (χ1) is 4.36. The quantitative estimate of drug-likeness (QED) is 0.476. The Labute approximate surface area is 52.7 Å². The summed E-state index contributed by atoms with van der Waals surface area (Å²) in [5, 5.41) is 2.69. The molecule has 0 bridgehead atoms. The predicted molar refractivity (Wildman–Crippen MR) is 30.9 cm³/mol. The van der Waals surface area contributed by atoms with Crippen LogP contribution in [-0.2, 0) is 4.74 Å². The Bertz CT molecular complexity index is 176. The zero-order valence-electron chi connectivity index (χ0n) is 4.83. The van der Waals surface area contributed by atoms with Gasteiger partial charge < -0.3 is 10.1 Å². The highest BCUT2D eigenvalue weighted by Crippen LogP contribution is 2.19. The van der Waals surface area contributed by atoms with Crippen LogP contribution in [0.2, 0.25) is 0 Å². The molecule has 3 heteroatoms. The maximum absolute atomic E-state index is 10.5. The lowest BCUT2D eigenvalue weighted by Crippen LogP contribution is -2.26. The zero-order valence-corrected chi connectivity index (χ0v) is 4.83. The molecule has 1 aliphatic carbocycles. The van der Waals surface area contributed by atoms with Crippen LogP contribution >= 0.6 is 0 Å². The summed E-state index contributed by atoms with van der Waals surface area (Å²) in [5.41, 5.74) is 0. The topological polar surface area (TPSA) is 38.3 Å². The molecule has 1 saturated heterocycles. The molecule has 48 valence electrons. The van der Waals surface area contributed by atoms with Crippen molar-refractivity contribution in [3.05, 3.63) is 12.2 Å². The number of amides is 1. The summed E-state index contributed by atoms with van der Waals surface area (Å²) in [4.78, 5) is 10.5. The van der Waals surface area contributed by atoms with E-state index >= 15 is 0 Å². The second-order valence-electron chi connectivity index (χ2n) is 2.28. The second-order valence-corrected chi connectivity index (χ2v) is 2.28. The summed E-state index contributed by atoms with van der Waals surface area (Å²) in [6, 6.07) is 0.220. The normalized spacial score (nSPS) is 38.0. The highest BCUT2D eigenvalue weighted by molar-refractivity contribution is 5.71. The molecule has 2 rings (SSSR count). The van der Waals surface area contributed by atoms with Crippen molar-refractivity contribution in [3.8, 4) is 0 Å². The Hall–Kier alpha value is -0.990. The Morgan fingerprint density at radius 3 is 3.44 bits per heavy atom. The summed E-state index contributed by atoms with van der Waals surface area (Å²) in [6.07, 6.45) is 4.58. The van der Waals surface area contributed by atoms with E-state index in [1.54, 1.807) is 0 Å². The van der Waals surface area contributed by atoms with Crippen LogP contribution in [0.25, 0.3) is 0 Å². The molecule has 0 unspecified atom stereocenters. The molecule has 3 nitrogen and oxygen atoms in total. The van der Waals surface area contributed by atoms with Crippen molar-refractivity contribution in [2.24, 2.45) is 0 Å². The van der Waals surface area contributed by atoms with Gasteiger partial charge in [-0.3, -0.25) is 0 Å². The number of hydrogen-bond donors (Lipinski definition) is 1. The molecule has 9 heavy (non-hydrogen) atoms. The van der Waals surface area contributed by atoms with E-state index in [1.807, 2.05) is 12.2 Å². The van der Waals surface area contributed by atoms with Crippen molar-refractivity contribution < 1.29 is 9.53 Å². The fourth-order valence-corrected chi connectivity index (χ4v) is 1.20. The van der Waals surface area contributed by atoms with E-state index in [0.717, 1.165) is 6.42 Å². The number of fused-ring (bicyclic) bond motifs is 1. The molecular weight excluding hydrogens is 118 g/mol. The van der Waals surface area contributed by atoms with Crippen LogP contribution < -0.4 is 5.32 Å². The summed E-state index contributed by atoms with van der Waals surface area (Å²) >= 11 is 0. The molecule has 0 spiro atoms. The first kappa shape index (κ1) is 4.85. The van der Waals surface area contributed by atoms with Gasteiger partial charge in [0.25, 0.3) is 0 Å². The van der Waals surface area contributed by atoms with Crippen LogP contribution in [0.1, 0.15) is 6.42 Å². The number of rotatable bonds is 0. The number of hydrogen-bond acceptors (Lipinski definition) is 2. The lowest BCUT2D eigenvalue weighted by Gasteiger charge is -2.01. The van der Waals surface area contributed by atoms with Crippen molar-refractivity contribution in [3.63, 3.8) is 0 Å². The Balaban J connectivity index is 2.17. The molecule has 1 aliphatic heterocycles. The van der Waals surface area contributed by atoms with Gasteiger partial charge in [-0.1, -0.05) is 6.08 Å². The van der Waals surface area contributed by atoms with E-state index < -0.39 is 0 Å². The summed E-state index contributed by atoms with van der Waals surface area (Å²) < 4.78 is 4.85. The standard InChI is InChI=1S/C6H7NO2/c8-6-7-4-2-1-3-5(4)9-6/h1,3-5H,2H2,(H,7,8)/t4-,5+/m0/s1. The largest absolute Gasteiger partial charge is 0.440 e. The number of alkyl carbamates (subject to hydrolysis) is 1. The predicted octanol–water partition coefficient (Wildman–Crippen LogP) is 0.423. The number of carbonyl (C=O) groups is 1. The third-order valence-electron chi connectivity index (χ3n) is 1.66. The Kier molecular flexibility index (Phi) is 0.806. The molecule has 2 aliphatic rings. The third-order valence-corrected chi connectivity index (χ3v) is 1.66. The molecular formula is C6H7NO2. The van der Waals surface area contributed by atoms with Crippen LogP contribution in [0.15, 0.2) is 12.2 Å². The van der Waals surface area contributed by atoms with Gasteiger partial charge in [-0.05, 0) is 12.5 Å². The molecule has 0 aromatic heterocycles. The van der Waals surface area contributed by atoms with Gasteiger partial charge in [0.1, 0.15) is 6.10 Å². The minimum atomic E-state index is -0.283. The fourth-order valence-electron chi connectivity index (χ4n) is 1.20. The fraction of sp³-hybridized carbons (Fsp3) is 0.500. The Morgan fingerprint density at radius 2 is 2.67 bits per heavy atom. The summed E-state index contributed by atoms with van der Waals surface area (Å²) in [7, 11) is 0. The van der Waals surface area contributed by atoms with Gasteiger partial charge in [0.2, 0.25) is 0 Å². The van der Waals surface area contributed by atoms with E-state index in [9.17, 15) is 4.79 Å². The van der Waals surface area contributed by atoms with Crippen LogP contribution in [0.4, 0.5) is 4.79 Å². The van der Waals surface area contributed by atoms with Crippen molar-refractivity contribution >= 4 is 6.09 Å². The van der Waals surface area contributed by atoms with E-state index in [4.69, 9.17) is 4.74 Å². The van der Waals surface area contributed by atoms with Gasteiger partial charge in [0, 0.05) is 0 Å². The van der Waals surface area contributed by atoms with E-state index in [-0.39, 0.29) is 18.2 Å². The molecule has 0 radical (unpaired) electrons. The third kappa shape index (κ3) is 0.608. The van der Waals surface area contributed by atoms with Gasteiger partial charge >= 0.3 is 6.09 Å². The van der Waals surface area contributed by atoms with Crippen molar-refractivity contribution in [2.45, 2.75) is 18.6 Å². The molecule has 1 N–H and O–H groups in total. The average molecular weight is 125 g/mol. The van der Waals surface area contributed by atoms with E-state index in [1.165, 1.54) is 0 Å². The highest BCUT2D eigenvalue weighted by Gasteiger charge is 2.33. The average Bonchev–Trinajstić information content (AvgIpc) is 2.22. The minimum Gasteiger partial charge on any atom is -0.440 e. The summed E-state index contributed by atoms with van der Waals surface area (Å²) in [5.74, 6) is 0. The lowest BCUT2D eigenvalue weighted by molar-refractivity contribution is 0.155. The lowest BCUT2D eigenvalue weighted by atomic mass is 10.2. The Morgan fingerprint density at radius 1 is 1.78 bits per heavy atom. The van der Waals surface area contributed by atoms with Crippen LogP contribution in [0.5, 0.6) is 0 Å².